The number of hydrogen-bond donors (Lipinski definition) is 1. The van der Waals surface area contributed by atoms with Crippen LogP contribution in [0, 0.1) is 16.7 Å². The van der Waals surface area contributed by atoms with E-state index >= 15 is 0 Å². The minimum Gasteiger partial charge on any atom is -0.493 e. The van der Waals surface area contributed by atoms with Crippen molar-refractivity contribution in [2.45, 2.75) is 38.6 Å². The minimum absolute atomic E-state index is 0.0860. The van der Waals surface area contributed by atoms with Crippen LogP contribution in [-0.4, -0.2) is 13.2 Å². The normalized spacial score (nSPS) is 19.7. The lowest BCUT2D eigenvalue weighted by molar-refractivity contribution is 0.206. The van der Waals surface area contributed by atoms with Crippen LogP contribution in [0.3, 0.4) is 0 Å². The summed E-state index contributed by atoms with van der Waals surface area (Å²) in [6.07, 6.45) is 5.53. The average molecular weight is 256 g/mol. The van der Waals surface area contributed by atoms with Gasteiger partial charge in [0.05, 0.1) is 18.1 Å². The smallest absolute Gasteiger partial charge is 0.122 e. The molecule has 3 nitrogen and oxygen atoms in total. The van der Waals surface area contributed by atoms with Crippen molar-refractivity contribution in [2.75, 3.05) is 13.2 Å². The van der Waals surface area contributed by atoms with Gasteiger partial charge in [0.2, 0.25) is 0 Å². The molecule has 100 valence electrons. The Morgan fingerprint density at radius 1 is 1.32 bits per heavy atom. The highest BCUT2D eigenvalue weighted by Crippen LogP contribution is 2.39. The summed E-state index contributed by atoms with van der Waals surface area (Å²) in [5.74, 6) is 1.04. The summed E-state index contributed by atoms with van der Waals surface area (Å²) in [6, 6.07) is 8.91. The highest BCUT2D eigenvalue weighted by atomic mass is 16.5. The summed E-state index contributed by atoms with van der Waals surface area (Å²) in [5, 5.41) is 12.6. The molecule has 3 heteroatoms. The largest absolute Gasteiger partial charge is 0.493 e. The van der Waals surface area contributed by atoms with E-state index < -0.39 is 0 Å². The molecule has 1 aliphatic carbocycles. The predicted octanol–water partition coefficient (Wildman–Crippen LogP) is 2.80. The Balaban J connectivity index is 1.57. The van der Waals surface area contributed by atoms with Gasteiger partial charge in [-0.25, -0.2) is 0 Å². The number of benzene rings is 1. The zero-order valence-electron chi connectivity index (χ0n) is 11.2. The Labute approximate surface area is 114 Å². The molecule has 1 aromatic rings. The van der Waals surface area contributed by atoms with Gasteiger partial charge >= 0.3 is 0 Å². The first-order valence-electron chi connectivity index (χ1n) is 7.18. The molecular formula is C16H20N2O. The summed E-state index contributed by atoms with van der Waals surface area (Å²) in [4.78, 5) is 0. The van der Waals surface area contributed by atoms with Crippen LogP contribution < -0.4 is 10.1 Å². The van der Waals surface area contributed by atoms with Gasteiger partial charge < -0.3 is 10.1 Å². The third-order valence-electron chi connectivity index (χ3n) is 4.31. The van der Waals surface area contributed by atoms with Crippen molar-refractivity contribution in [1.82, 2.24) is 5.32 Å². The maximum absolute atomic E-state index is 9.19. The van der Waals surface area contributed by atoms with Crippen LogP contribution in [0.5, 0.6) is 5.75 Å². The topological polar surface area (TPSA) is 45.0 Å². The van der Waals surface area contributed by atoms with E-state index in [1.54, 1.807) is 0 Å². The van der Waals surface area contributed by atoms with Gasteiger partial charge in [0.1, 0.15) is 5.75 Å². The van der Waals surface area contributed by atoms with Crippen LogP contribution in [0.4, 0.5) is 0 Å². The van der Waals surface area contributed by atoms with E-state index in [1.807, 2.05) is 0 Å². The maximum atomic E-state index is 9.19. The summed E-state index contributed by atoms with van der Waals surface area (Å²) in [5.41, 5.74) is 2.53. The Morgan fingerprint density at radius 2 is 2.21 bits per heavy atom. The number of nitrogens with one attached hydrogen (secondary N) is 1. The number of nitrogens with zero attached hydrogens (tertiary/aromatic N) is 1. The van der Waals surface area contributed by atoms with Crippen LogP contribution in [0.2, 0.25) is 0 Å². The Hall–Kier alpha value is -1.53. The van der Waals surface area contributed by atoms with E-state index in [1.165, 1.54) is 17.5 Å². The fourth-order valence-corrected chi connectivity index (χ4v) is 2.90. The van der Waals surface area contributed by atoms with Crippen molar-refractivity contribution < 1.29 is 4.74 Å². The van der Waals surface area contributed by atoms with Crippen LogP contribution in [-0.2, 0) is 13.0 Å². The third kappa shape index (κ3) is 2.59. The molecule has 1 heterocycles. The second-order valence-electron chi connectivity index (χ2n) is 5.74. The lowest BCUT2D eigenvalue weighted by Crippen LogP contribution is -2.38. The van der Waals surface area contributed by atoms with Gasteiger partial charge in [-0.3, -0.25) is 0 Å². The van der Waals surface area contributed by atoms with Gasteiger partial charge in [-0.2, -0.15) is 5.26 Å². The van der Waals surface area contributed by atoms with Gasteiger partial charge in [-0.05, 0) is 42.9 Å². The third-order valence-corrected chi connectivity index (χ3v) is 4.31. The minimum atomic E-state index is -0.0860. The van der Waals surface area contributed by atoms with E-state index in [4.69, 9.17) is 4.74 Å². The van der Waals surface area contributed by atoms with Crippen LogP contribution in [0.25, 0.3) is 0 Å². The molecule has 1 saturated carbocycles. The fraction of sp³-hybridized carbons (Fsp3) is 0.562. The monoisotopic (exact) mass is 256 g/mol. The molecule has 0 bridgehead atoms. The quantitative estimate of drug-likeness (QED) is 0.901. The first kappa shape index (κ1) is 12.5. The van der Waals surface area contributed by atoms with E-state index in [-0.39, 0.29) is 5.41 Å². The van der Waals surface area contributed by atoms with E-state index in [2.05, 4.69) is 29.6 Å². The van der Waals surface area contributed by atoms with E-state index in [0.29, 0.717) is 0 Å². The molecule has 0 unspecified atom stereocenters. The van der Waals surface area contributed by atoms with Crippen LogP contribution in [0.15, 0.2) is 18.2 Å². The van der Waals surface area contributed by atoms with Crippen molar-refractivity contribution in [2.24, 2.45) is 5.41 Å². The van der Waals surface area contributed by atoms with E-state index in [9.17, 15) is 5.26 Å². The molecule has 0 spiro atoms. The first-order chi connectivity index (χ1) is 9.31. The number of ether oxygens (including phenoxy) is 1. The number of fused-ring (bicyclic) bond motifs is 1. The highest BCUT2D eigenvalue weighted by Gasteiger charge is 2.36. The molecule has 0 amide bonds. The van der Waals surface area contributed by atoms with Gasteiger partial charge in [0.25, 0.3) is 0 Å². The first-order valence-corrected chi connectivity index (χ1v) is 7.18. The highest BCUT2D eigenvalue weighted by molar-refractivity contribution is 5.38. The van der Waals surface area contributed by atoms with Gasteiger partial charge in [-0.1, -0.05) is 18.6 Å². The molecule has 0 aromatic heterocycles. The molecule has 1 aromatic carbocycles. The summed E-state index contributed by atoms with van der Waals surface area (Å²) in [7, 11) is 0. The lowest BCUT2D eigenvalue weighted by atomic mass is 9.70. The molecule has 0 atom stereocenters. The van der Waals surface area contributed by atoms with Crippen LogP contribution >= 0.6 is 0 Å². The Bertz CT molecular complexity index is 500. The summed E-state index contributed by atoms with van der Waals surface area (Å²) < 4.78 is 5.62. The van der Waals surface area contributed by atoms with Crippen molar-refractivity contribution in [3.63, 3.8) is 0 Å². The molecule has 1 N–H and O–H groups in total. The van der Waals surface area contributed by atoms with E-state index in [0.717, 1.165) is 51.1 Å². The van der Waals surface area contributed by atoms with Gasteiger partial charge in [0, 0.05) is 13.1 Å². The Kier molecular flexibility index (Phi) is 3.44. The SMILES string of the molecule is N#CC1(CNCc2ccc3c(c2)CCCO3)CCC1. The average Bonchev–Trinajstić information content (AvgIpc) is 2.42. The second-order valence-corrected chi connectivity index (χ2v) is 5.74. The lowest BCUT2D eigenvalue weighted by Gasteiger charge is -2.35. The zero-order valence-corrected chi connectivity index (χ0v) is 11.2. The summed E-state index contributed by atoms with van der Waals surface area (Å²) >= 11 is 0. The molecular weight excluding hydrogens is 236 g/mol. The molecule has 19 heavy (non-hydrogen) atoms. The molecule has 2 aliphatic rings. The van der Waals surface area contributed by atoms with Crippen molar-refractivity contribution in [1.29, 1.82) is 5.26 Å². The van der Waals surface area contributed by atoms with Gasteiger partial charge in [-0.15, -0.1) is 0 Å². The number of rotatable bonds is 4. The Morgan fingerprint density at radius 3 is 2.95 bits per heavy atom. The molecule has 0 saturated heterocycles. The van der Waals surface area contributed by atoms with Crippen molar-refractivity contribution >= 4 is 0 Å². The number of hydrogen-bond acceptors (Lipinski definition) is 3. The second kappa shape index (κ2) is 5.22. The maximum Gasteiger partial charge on any atom is 0.122 e. The zero-order chi connectivity index (χ0) is 13.1. The fourth-order valence-electron chi connectivity index (χ4n) is 2.90. The molecule has 0 radical (unpaired) electrons. The number of aryl methyl sites for hydroxylation is 1. The predicted molar refractivity (Wildman–Crippen MR) is 73.9 cm³/mol. The standard InChI is InChI=1S/C16H20N2O/c17-11-16(6-2-7-16)12-18-10-13-4-5-15-14(9-13)3-1-8-19-15/h4-5,9,18H,1-3,6-8,10,12H2. The number of nitriles is 1. The molecule has 1 aliphatic heterocycles. The van der Waals surface area contributed by atoms with Crippen molar-refractivity contribution in [3.05, 3.63) is 29.3 Å². The van der Waals surface area contributed by atoms with Crippen molar-refractivity contribution in [3.8, 4) is 11.8 Å². The van der Waals surface area contributed by atoms with Gasteiger partial charge in [0.15, 0.2) is 0 Å². The summed E-state index contributed by atoms with van der Waals surface area (Å²) in [6.45, 7) is 2.50. The molecule has 3 rings (SSSR count). The molecule has 1 fully saturated rings. The van der Waals surface area contributed by atoms with Crippen LogP contribution in [0.1, 0.15) is 36.8 Å².